The maximum absolute atomic E-state index is 6.17. The summed E-state index contributed by atoms with van der Waals surface area (Å²) < 4.78 is 12.0. The van der Waals surface area contributed by atoms with Crippen molar-refractivity contribution in [3.63, 3.8) is 0 Å². The summed E-state index contributed by atoms with van der Waals surface area (Å²) in [6.07, 6.45) is -0.151. The second kappa shape index (κ2) is 8.22. The SMILES string of the molecule is CC(COc1ccccc1)Oc1nc2ccccc2nc1N1CCNCC1. The lowest BCUT2D eigenvalue weighted by atomic mass is 10.3. The van der Waals surface area contributed by atoms with E-state index in [2.05, 4.69) is 10.2 Å². The average Bonchev–Trinajstić information content (AvgIpc) is 2.73. The Kier molecular flexibility index (Phi) is 5.34. The second-order valence-corrected chi connectivity index (χ2v) is 6.63. The van der Waals surface area contributed by atoms with Crippen molar-refractivity contribution in [1.82, 2.24) is 15.3 Å². The number of nitrogens with zero attached hydrogens (tertiary/aromatic N) is 3. The van der Waals surface area contributed by atoms with Gasteiger partial charge >= 0.3 is 0 Å². The summed E-state index contributed by atoms with van der Waals surface area (Å²) in [6.45, 7) is 6.07. The summed E-state index contributed by atoms with van der Waals surface area (Å²) >= 11 is 0. The Morgan fingerprint density at radius 1 is 0.963 bits per heavy atom. The van der Waals surface area contributed by atoms with E-state index in [1.165, 1.54) is 0 Å². The Morgan fingerprint density at radius 3 is 2.37 bits per heavy atom. The van der Waals surface area contributed by atoms with Gasteiger partial charge in [-0.05, 0) is 31.2 Å². The fourth-order valence-corrected chi connectivity index (χ4v) is 3.09. The van der Waals surface area contributed by atoms with E-state index in [9.17, 15) is 0 Å². The van der Waals surface area contributed by atoms with E-state index in [0.717, 1.165) is 48.8 Å². The normalized spacial score (nSPS) is 15.5. The average molecular weight is 364 g/mol. The summed E-state index contributed by atoms with van der Waals surface area (Å²) in [6, 6.07) is 17.7. The Hall–Kier alpha value is -2.86. The van der Waals surface area contributed by atoms with Crippen LogP contribution in [0.25, 0.3) is 11.0 Å². The Balaban J connectivity index is 1.55. The number of anilines is 1. The first-order chi connectivity index (χ1) is 13.3. The van der Waals surface area contributed by atoms with Gasteiger partial charge in [-0.1, -0.05) is 30.3 Å². The number of ether oxygens (including phenoxy) is 2. The highest BCUT2D eigenvalue weighted by atomic mass is 16.5. The maximum Gasteiger partial charge on any atom is 0.258 e. The number of para-hydroxylation sites is 3. The minimum atomic E-state index is -0.151. The van der Waals surface area contributed by atoms with Gasteiger partial charge in [0.2, 0.25) is 0 Å². The van der Waals surface area contributed by atoms with Crippen molar-refractivity contribution in [1.29, 1.82) is 0 Å². The van der Waals surface area contributed by atoms with E-state index in [4.69, 9.17) is 19.4 Å². The molecule has 1 aliphatic rings. The molecule has 0 spiro atoms. The van der Waals surface area contributed by atoms with Crippen molar-refractivity contribution in [3.05, 3.63) is 54.6 Å². The van der Waals surface area contributed by atoms with Crippen LogP contribution in [0.3, 0.4) is 0 Å². The molecule has 4 rings (SSSR count). The van der Waals surface area contributed by atoms with Crippen LogP contribution >= 0.6 is 0 Å². The molecule has 2 aromatic carbocycles. The topological polar surface area (TPSA) is 59.5 Å². The first-order valence-electron chi connectivity index (χ1n) is 9.36. The molecule has 3 aromatic rings. The van der Waals surface area contributed by atoms with Crippen LogP contribution in [-0.2, 0) is 0 Å². The summed E-state index contributed by atoms with van der Waals surface area (Å²) in [4.78, 5) is 11.8. The quantitative estimate of drug-likeness (QED) is 0.726. The number of benzene rings is 2. The van der Waals surface area contributed by atoms with Crippen molar-refractivity contribution >= 4 is 16.9 Å². The fraction of sp³-hybridized carbons (Fsp3) is 0.333. The van der Waals surface area contributed by atoms with E-state index in [-0.39, 0.29) is 6.10 Å². The summed E-state index contributed by atoms with van der Waals surface area (Å²) in [5, 5.41) is 3.37. The molecule has 1 N–H and O–H groups in total. The number of rotatable bonds is 6. The Bertz CT molecular complexity index is 882. The molecule has 1 atom stereocenters. The number of fused-ring (bicyclic) bond motifs is 1. The van der Waals surface area contributed by atoms with Crippen LogP contribution in [0.1, 0.15) is 6.92 Å². The van der Waals surface area contributed by atoms with Crippen molar-refractivity contribution in [3.8, 4) is 11.6 Å². The third kappa shape index (κ3) is 4.28. The van der Waals surface area contributed by atoms with Crippen LogP contribution in [-0.4, -0.2) is 48.9 Å². The van der Waals surface area contributed by atoms with Gasteiger partial charge in [0.1, 0.15) is 18.5 Å². The smallest absolute Gasteiger partial charge is 0.258 e. The molecule has 0 bridgehead atoms. The van der Waals surface area contributed by atoms with Crippen LogP contribution < -0.4 is 19.7 Å². The molecule has 1 saturated heterocycles. The van der Waals surface area contributed by atoms with Gasteiger partial charge in [-0.25, -0.2) is 9.97 Å². The van der Waals surface area contributed by atoms with Crippen molar-refractivity contribution in [2.75, 3.05) is 37.7 Å². The van der Waals surface area contributed by atoms with E-state index in [1.807, 2.05) is 61.5 Å². The number of hydrogen-bond donors (Lipinski definition) is 1. The van der Waals surface area contributed by atoms with E-state index >= 15 is 0 Å². The van der Waals surface area contributed by atoms with E-state index in [1.54, 1.807) is 0 Å². The van der Waals surface area contributed by atoms with Crippen molar-refractivity contribution < 1.29 is 9.47 Å². The molecule has 1 fully saturated rings. The predicted octanol–water partition coefficient (Wildman–Crippen LogP) is 2.89. The van der Waals surface area contributed by atoms with Crippen LogP contribution in [0.5, 0.6) is 11.6 Å². The molecule has 6 nitrogen and oxygen atoms in total. The molecule has 0 aliphatic carbocycles. The zero-order valence-corrected chi connectivity index (χ0v) is 15.5. The number of hydrogen-bond acceptors (Lipinski definition) is 6. The van der Waals surface area contributed by atoms with Crippen molar-refractivity contribution in [2.24, 2.45) is 0 Å². The summed E-state index contributed by atoms with van der Waals surface area (Å²) in [5.74, 6) is 2.21. The Labute approximate surface area is 159 Å². The van der Waals surface area contributed by atoms with Gasteiger partial charge in [-0.15, -0.1) is 0 Å². The van der Waals surface area contributed by atoms with Gasteiger partial charge in [0.15, 0.2) is 5.82 Å². The molecule has 0 amide bonds. The standard InChI is InChI=1S/C21H24N4O2/c1-16(15-26-17-7-3-2-4-8-17)27-21-20(25-13-11-22-12-14-25)23-18-9-5-6-10-19(18)24-21/h2-10,16,22H,11-15H2,1H3. The predicted molar refractivity (Wildman–Crippen MR) is 107 cm³/mol. The first-order valence-corrected chi connectivity index (χ1v) is 9.36. The largest absolute Gasteiger partial charge is 0.490 e. The molecule has 1 aliphatic heterocycles. The molecule has 2 heterocycles. The third-order valence-electron chi connectivity index (χ3n) is 4.48. The van der Waals surface area contributed by atoms with Crippen LogP contribution in [0, 0.1) is 0 Å². The highest BCUT2D eigenvalue weighted by Crippen LogP contribution is 2.28. The molecule has 6 heteroatoms. The first kappa shape index (κ1) is 17.5. The molecular weight excluding hydrogens is 340 g/mol. The zero-order valence-electron chi connectivity index (χ0n) is 15.5. The molecule has 140 valence electrons. The summed E-state index contributed by atoms with van der Waals surface area (Å²) in [7, 11) is 0. The fourth-order valence-electron chi connectivity index (χ4n) is 3.09. The van der Waals surface area contributed by atoms with Gasteiger partial charge in [0.25, 0.3) is 5.88 Å². The highest BCUT2D eigenvalue weighted by molar-refractivity contribution is 5.77. The van der Waals surface area contributed by atoms with Gasteiger partial charge in [0, 0.05) is 26.2 Å². The van der Waals surface area contributed by atoms with E-state index in [0.29, 0.717) is 12.5 Å². The lowest BCUT2D eigenvalue weighted by Gasteiger charge is -2.30. The third-order valence-corrected chi connectivity index (χ3v) is 4.48. The van der Waals surface area contributed by atoms with Gasteiger partial charge in [0.05, 0.1) is 11.0 Å². The Morgan fingerprint density at radius 2 is 1.63 bits per heavy atom. The molecule has 27 heavy (non-hydrogen) atoms. The lowest BCUT2D eigenvalue weighted by Crippen LogP contribution is -2.44. The van der Waals surface area contributed by atoms with Gasteiger partial charge < -0.3 is 19.7 Å². The van der Waals surface area contributed by atoms with Crippen LogP contribution in [0.15, 0.2) is 54.6 Å². The minimum absolute atomic E-state index is 0.151. The van der Waals surface area contributed by atoms with Gasteiger partial charge in [-0.2, -0.15) is 0 Å². The summed E-state index contributed by atoms with van der Waals surface area (Å²) in [5.41, 5.74) is 1.72. The maximum atomic E-state index is 6.17. The molecule has 0 saturated carbocycles. The number of aromatic nitrogens is 2. The van der Waals surface area contributed by atoms with Crippen LogP contribution in [0.2, 0.25) is 0 Å². The molecule has 1 aromatic heterocycles. The molecule has 1 unspecified atom stereocenters. The zero-order chi connectivity index (χ0) is 18.5. The molecule has 0 radical (unpaired) electrons. The monoisotopic (exact) mass is 364 g/mol. The molecular formula is C21H24N4O2. The number of nitrogens with one attached hydrogen (secondary N) is 1. The van der Waals surface area contributed by atoms with Crippen molar-refractivity contribution in [2.45, 2.75) is 13.0 Å². The second-order valence-electron chi connectivity index (χ2n) is 6.63. The van der Waals surface area contributed by atoms with E-state index < -0.39 is 0 Å². The number of piperazine rings is 1. The minimum Gasteiger partial charge on any atom is -0.490 e. The van der Waals surface area contributed by atoms with Gasteiger partial charge in [-0.3, -0.25) is 0 Å². The lowest BCUT2D eigenvalue weighted by molar-refractivity contribution is 0.138. The highest BCUT2D eigenvalue weighted by Gasteiger charge is 2.21. The van der Waals surface area contributed by atoms with Crippen LogP contribution in [0.4, 0.5) is 5.82 Å².